The van der Waals surface area contributed by atoms with E-state index in [4.69, 9.17) is 4.98 Å². The second-order valence-electron chi connectivity index (χ2n) is 6.95. The molecule has 6 nitrogen and oxygen atoms in total. The Morgan fingerprint density at radius 3 is 3.12 bits per heavy atom. The van der Waals surface area contributed by atoms with Crippen LogP contribution in [0.4, 0.5) is 0 Å². The van der Waals surface area contributed by atoms with Gasteiger partial charge in [-0.25, -0.2) is 4.98 Å². The number of aryl methyl sites for hydroxylation is 1. The third kappa shape index (κ3) is 3.13. The molecule has 0 fully saturated rings. The molecule has 132 valence electrons. The van der Waals surface area contributed by atoms with Crippen LogP contribution < -0.4 is 5.56 Å². The smallest absolute Gasteiger partial charge is 0.259 e. The van der Waals surface area contributed by atoms with Crippen molar-refractivity contribution < 1.29 is 0 Å². The molecule has 1 N–H and O–H groups in total. The zero-order chi connectivity index (χ0) is 17.6. The van der Waals surface area contributed by atoms with E-state index in [1.54, 1.807) is 29.4 Å². The maximum Gasteiger partial charge on any atom is 0.259 e. The Bertz CT molecular complexity index is 971. The molecule has 1 atom stereocenters. The van der Waals surface area contributed by atoms with E-state index in [1.165, 1.54) is 10.4 Å². The number of H-pyrrole nitrogens is 1. The lowest BCUT2D eigenvalue weighted by molar-refractivity contribution is 0.509. The Balaban J connectivity index is 1.63. The number of fused-ring (bicyclic) bond motifs is 3. The van der Waals surface area contributed by atoms with Crippen molar-refractivity contribution in [1.82, 2.24) is 24.7 Å². The molecule has 0 amide bonds. The average Bonchev–Trinajstić information content (AvgIpc) is 3.16. The second-order valence-corrected chi connectivity index (χ2v) is 8.97. The van der Waals surface area contributed by atoms with Gasteiger partial charge in [0.1, 0.15) is 17.0 Å². The van der Waals surface area contributed by atoms with Gasteiger partial charge in [0.2, 0.25) is 0 Å². The number of nitrogens with zero attached hydrogens (tertiary/aromatic N) is 4. The quantitative estimate of drug-likeness (QED) is 0.706. The topological polar surface area (TPSA) is 76.5 Å². The van der Waals surface area contributed by atoms with E-state index in [2.05, 4.69) is 36.0 Å². The summed E-state index contributed by atoms with van der Waals surface area (Å²) in [6.45, 7) is 6.46. The second kappa shape index (κ2) is 6.57. The van der Waals surface area contributed by atoms with Gasteiger partial charge in [-0.2, -0.15) is 0 Å². The van der Waals surface area contributed by atoms with Crippen LogP contribution in [0.15, 0.2) is 16.3 Å². The molecular formula is C17H21N5OS2. The summed E-state index contributed by atoms with van der Waals surface area (Å²) < 4.78 is 2.02. The molecule has 3 aromatic heterocycles. The average molecular weight is 376 g/mol. The lowest BCUT2D eigenvalue weighted by atomic mass is 9.89. The highest BCUT2D eigenvalue weighted by molar-refractivity contribution is 7.98. The highest BCUT2D eigenvalue weighted by Gasteiger charge is 2.23. The van der Waals surface area contributed by atoms with Gasteiger partial charge in [-0.05, 0) is 44.6 Å². The summed E-state index contributed by atoms with van der Waals surface area (Å²) in [6.07, 6.45) is 4.95. The SMILES string of the molecule is CC(C)n1cnnc1SCc1nc2sc3c(c2c(=O)[nH]1)CC[C@@H](C)C3. The van der Waals surface area contributed by atoms with E-state index in [0.29, 0.717) is 23.5 Å². The largest absolute Gasteiger partial charge is 0.309 e. The fourth-order valence-electron chi connectivity index (χ4n) is 3.28. The third-order valence-corrected chi connectivity index (χ3v) is 6.77. The normalized spacial score (nSPS) is 17.4. The highest BCUT2D eigenvalue weighted by Crippen LogP contribution is 2.35. The van der Waals surface area contributed by atoms with E-state index in [1.807, 2.05) is 4.57 Å². The summed E-state index contributed by atoms with van der Waals surface area (Å²) in [4.78, 5) is 22.5. The van der Waals surface area contributed by atoms with Crippen molar-refractivity contribution in [1.29, 1.82) is 0 Å². The molecule has 0 saturated heterocycles. The lowest BCUT2D eigenvalue weighted by Crippen LogP contribution is -2.14. The number of thioether (sulfide) groups is 1. The van der Waals surface area contributed by atoms with E-state index >= 15 is 0 Å². The lowest BCUT2D eigenvalue weighted by Gasteiger charge is -2.17. The number of nitrogens with one attached hydrogen (secondary N) is 1. The van der Waals surface area contributed by atoms with Crippen molar-refractivity contribution in [3.05, 3.63) is 32.9 Å². The summed E-state index contributed by atoms with van der Waals surface area (Å²) in [5.41, 5.74) is 1.23. The van der Waals surface area contributed by atoms with Crippen LogP contribution in [0.2, 0.25) is 0 Å². The zero-order valence-corrected chi connectivity index (χ0v) is 16.2. The van der Waals surface area contributed by atoms with E-state index in [9.17, 15) is 4.79 Å². The van der Waals surface area contributed by atoms with Gasteiger partial charge in [0.05, 0.1) is 11.1 Å². The monoisotopic (exact) mass is 375 g/mol. The minimum atomic E-state index is -0.00187. The molecule has 0 aromatic carbocycles. The fraction of sp³-hybridized carbons (Fsp3) is 0.529. The van der Waals surface area contributed by atoms with Crippen molar-refractivity contribution in [2.45, 2.75) is 57.0 Å². The molecule has 0 bridgehead atoms. The molecule has 0 aliphatic heterocycles. The first-order valence-electron chi connectivity index (χ1n) is 8.58. The van der Waals surface area contributed by atoms with Gasteiger partial charge in [0, 0.05) is 10.9 Å². The first kappa shape index (κ1) is 16.8. The number of hydrogen-bond donors (Lipinski definition) is 1. The number of rotatable bonds is 4. The number of thiophene rings is 1. The maximum absolute atomic E-state index is 12.6. The van der Waals surface area contributed by atoms with Crippen molar-refractivity contribution in [2.24, 2.45) is 5.92 Å². The van der Waals surface area contributed by atoms with Crippen LogP contribution in [-0.4, -0.2) is 24.7 Å². The Labute approximate surface area is 154 Å². The molecule has 3 heterocycles. The zero-order valence-electron chi connectivity index (χ0n) is 14.6. The Morgan fingerprint density at radius 2 is 2.32 bits per heavy atom. The molecule has 0 unspecified atom stereocenters. The van der Waals surface area contributed by atoms with Gasteiger partial charge in [0.25, 0.3) is 5.56 Å². The maximum atomic E-state index is 12.6. The molecule has 3 aromatic rings. The molecule has 0 radical (unpaired) electrons. The highest BCUT2D eigenvalue weighted by atomic mass is 32.2. The van der Waals surface area contributed by atoms with Gasteiger partial charge >= 0.3 is 0 Å². The fourth-order valence-corrected chi connectivity index (χ4v) is 5.60. The first-order valence-corrected chi connectivity index (χ1v) is 10.4. The molecule has 1 aliphatic rings. The summed E-state index contributed by atoms with van der Waals surface area (Å²) in [7, 11) is 0. The van der Waals surface area contributed by atoms with Crippen LogP contribution in [-0.2, 0) is 18.6 Å². The Kier molecular flexibility index (Phi) is 4.41. The standard InChI is InChI=1S/C17H21N5OS2/c1-9(2)22-8-18-21-17(22)24-7-13-19-15(23)14-11-5-4-10(3)6-12(11)25-16(14)20-13/h8-10H,4-7H2,1-3H3,(H,19,20,23)/t10-/m1/s1. The summed E-state index contributed by atoms with van der Waals surface area (Å²) in [5.74, 6) is 1.97. The van der Waals surface area contributed by atoms with Crippen molar-refractivity contribution >= 4 is 33.3 Å². The molecular weight excluding hydrogens is 354 g/mol. The van der Waals surface area contributed by atoms with Crippen molar-refractivity contribution in [2.75, 3.05) is 0 Å². The van der Waals surface area contributed by atoms with Crippen molar-refractivity contribution in [3.63, 3.8) is 0 Å². The van der Waals surface area contributed by atoms with Gasteiger partial charge in [-0.3, -0.25) is 4.79 Å². The summed E-state index contributed by atoms with van der Waals surface area (Å²) in [6, 6.07) is 0.304. The molecule has 0 spiro atoms. The van der Waals surface area contributed by atoms with Crippen molar-refractivity contribution in [3.8, 4) is 0 Å². The Morgan fingerprint density at radius 1 is 1.48 bits per heavy atom. The van der Waals surface area contributed by atoms with Crippen LogP contribution in [0, 0.1) is 5.92 Å². The predicted octanol–water partition coefficient (Wildman–Crippen LogP) is 3.57. The number of aromatic nitrogens is 5. The van der Waals surface area contributed by atoms with Gasteiger partial charge in [0.15, 0.2) is 5.16 Å². The minimum Gasteiger partial charge on any atom is -0.309 e. The first-order chi connectivity index (χ1) is 12.0. The molecule has 4 rings (SSSR count). The molecule has 25 heavy (non-hydrogen) atoms. The van der Waals surface area contributed by atoms with Gasteiger partial charge in [-0.1, -0.05) is 18.7 Å². The van der Waals surface area contributed by atoms with Crippen LogP contribution in [0.5, 0.6) is 0 Å². The molecule has 1 aliphatic carbocycles. The van der Waals surface area contributed by atoms with Gasteiger partial charge in [-0.15, -0.1) is 21.5 Å². The molecule has 0 saturated carbocycles. The van der Waals surface area contributed by atoms with Gasteiger partial charge < -0.3 is 9.55 Å². The number of aromatic amines is 1. The third-order valence-electron chi connectivity index (χ3n) is 4.65. The van der Waals surface area contributed by atoms with Crippen LogP contribution in [0.1, 0.15) is 49.5 Å². The van der Waals surface area contributed by atoms with E-state index in [-0.39, 0.29) is 5.56 Å². The summed E-state index contributed by atoms with van der Waals surface area (Å²) >= 11 is 3.24. The summed E-state index contributed by atoms with van der Waals surface area (Å²) in [5, 5.41) is 9.79. The minimum absolute atomic E-state index is 0.00187. The van der Waals surface area contributed by atoms with Crippen LogP contribution in [0.25, 0.3) is 10.2 Å². The molecule has 8 heteroatoms. The van der Waals surface area contributed by atoms with Crippen LogP contribution in [0.3, 0.4) is 0 Å². The van der Waals surface area contributed by atoms with E-state index < -0.39 is 0 Å². The Hall–Kier alpha value is -1.67. The number of hydrogen-bond acceptors (Lipinski definition) is 6. The van der Waals surface area contributed by atoms with E-state index in [0.717, 1.165) is 34.6 Å². The predicted molar refractivity (Wildman–Crippen MR) is 101 cm³/mol. The van der Waals surface area contributed by atoms with Crippen LogP contribution >= 0.6 is 23.1 Å².